The van der Waals surface area contributed by atoms with Gasteiger partial charge in [-0.15, -0.1) is 6.42 Å². The van der Waals surface area contributed by atoms with Gasteiger partial charge in [0.25, 0.3) is 0 Å². The molecule has 1 heteroatoms. The molecule has 0 aliphatic heterocycles. The van der Waals surface area contributed by atoms with E-state index in [2.05, 4.69) is 25.8 Å². The Morgan fingerprint density at radius 3 is 2.77 bits per heavy atom. The topological polar surface area (TPSA) is 17.1 Å². The standard InChI is InChI=1S/C21H28O/c1-4-14-6-8-18-17-7-5-15-13-16(22)9-11-21(15,3)19(17)10-12-20(14,18)2/h1,6,15,17-19H,5,7-13H2,2-3H3/t15-,17?,18?,19?,20+,21-/m0/s1. The highest BCUT2D eigenvalue weighted by Crippen LogP contribution is 2.65. The maximum atomic E-state index is 11.9. The largest absolute Gasteiger partial charge is 0.300 e. The third-order valence-electron chi connectivity index (χ3n) is 8.22. The Morgan fingerprint density at radius 2 is 2.00 bits per heavy atom. The van der Waals surface area contributed by atoms with Crippen molar-refractivity contribution in [1.82, 2.24) is 0 Å². The van der Waals surface area contributed by atoms with Crippen molar-refractivity contribution in [2.75, 3.05) is 0 Å². The van der Waals surface area contributed by atoms with E-state index in [9.17, 15) is 4.79 Å². The molecule has 0 N–H and O–H groups in total. The second-order valence-electron chi connectivity index (χ2n) is 8.85. The number of hydrogen-bond donors (Lipinski definition) is 0. The number of carbonyl (C=O) groups is 1. The minimum Gasteiger partial charge on any atom is -0.300 e. The van der Waals surface area contributed by atoms with Crippen molar-refractivity contribution in [3.63, 3.8) is 0 Å². The van der Waals surface area contributed by atoms with Crippen LogP contribution >= 0.6 is 0 Å². The molecule has 3 saturated carbocycles. The fourth-order valence-corrected chi connectivity index (χ4v) is 6.84. The third-order valence-corrected chi connectivity index (χ3v) is 8.22. The monoisotopic (exact) mass is 296 g/mol. The number of terminal acetylenes is 1. The van der Waals surface area contributed by atoms with Crippen LogP contribution in [0.15, 0.2) is 11.6 Å². The fourth-order valence-electron chi connectivity index (χ4n) is 6.84. The first kappa shape index (κ1) is 14.6. The molecule has 0 aromatic rings. The summed E-state index contributed by atoms with van der Waals surface area (Å²) in [6, 6.07) is 0. The number of Topliss-reactive ketones (excluding diaryl/α,β-unsaturated/α-hetero) is 1. The Morgan fingerprint density at radius 1 is 1.18 bits per heavy atom. The summed E-state index contributed by atoms with van der Waals surface area (Å²) in [5.74, 6) is 6.56. The van der Waals surface area contributed by atoms with Crippen molar-refractivity contribution in [3.8, 4) is 12.3 Å². The molecule has 0 aromatic heterocycles. The normalized spacial score (nSPS) is 50.4. The lowest BCUT2D eigenvalue weighted by atomic mass is 9.45. The van der Waals surface area contributed by atoms with Crippen molar-refractivity contribution < 1.29 is 4.79 Å². The van der Waals surface area contributed by atoms with Crippen LogP contribution < -0.4 is 0 Å². The van der Waals surface area contributed by atoms with Crippen molar-refractivity contribution >= 4 is 5.78 Å². The molecule has 4 aliphatic rings. The van der Waals surface area contributed by atoms with E-state index in [0.717, 1.165) is 37.0 Å². The number of ketones is 1. The molecule has 118 valence electrons. The molecule has 3 fully saturated rings. The molecular weight excluding hydrogens is 268 g/mol. The van der Waals surface area contributed by atoms with Gasteiger partial charge in [-0.05, 0) is 67.6 Å². The van der Waals surface area contributed by atoms with E-state index in [1.165, 1.54) is 37.7 Å². The summed E-state index contributed by atoms with van der Waals surface area (Å²) in [5, 5.41) is 0. The lowest BCUT2D eigenvalue weighted by molar-refractivity contribution is -0.136. The van der Waals surface area contributed by atoms with Crippen LogP contribution in [0.5, 0.6) is 0 Å². The van der Waals surface area contributed by atoms with Crippen LogP contribution in [0.1, 0.15) is 65.2 Å². The zero-order chi connectivity index (χ0) is 15.5. The van der Waals surface area contributed by atoms with Gasteiger partial charge in [0.15, 0.2) is 0 Å². The summed E-state index contributed by atoms with van der Waals surface area (Å²) in [7, 11) is 0. The van der Waals surface area contributed by atoms with Crippen molar-refractivity contribution in [3.05, 3.63) is 11.6 Å². The van der Waals surface area contributed by atoms with Gasteiger partial charge < -0.3 is 0 Å². The summed E-state index contributed by atoms with van der Waals surface area (Å²) < 4.78 is 0. The lowest BCUT2D eigenvalue weighted by Crippen LogP contribution is -2.53. The van der Waals surface area contributed by atoms with Gasteiger partial charge in [0.05, 0.1) is 0 Å². The highest BCUT2D eigenvalue weighted by molar-refractivity contribution is 5.79. The van der Waals surface area contributed by atoms with Crippen LogP contribution in [0.4, 0.5) is 0 Å². The highest BCUT2D eigenvalue weighted by Gasteiger charge is 2.58. The van der Waals surface area contributed by atoms with Gasteiger partial charge in [-0.25, -0.2) is 0 Å². The maximum absolute atomic E-state index is 11.9. The van der Waals surface area contributed by atoms with Crippen LogP contribution in [-0.4, -0.2) is 5.78 Å². The van der Waals surface area contributed by atoms with Crippen LogP contribution in [0.3, 0.4) is 0 Å². The summed E-state index contributed by atoms with van der Waals surface area (Å²) >= 11 is 0. The number of fused-ring (bicyclic) bond motifs is 5. The molecule has 3 unspecified atom stereocenters. The molecule has 0 heterocycles. The number of allylic oxidation sites excluding steroid dienone is 2. The maximum Gasteiger partial charge on any atom is 0.133 e. The molecule has 0 bridgehead atoms. The van der Waals surface area contributed by atoms with Gasteiger partial charge in [0.2, 0.25) is 0 Å². The van der Waals surface area contributed by atoms with Crippen molar-refractivity contribution in [1.29, 1.82) is 0 Å². The summed E-state index contributed by atoms with van der Waals surface area (Å²) in [4.78, 5) is 11.9. The molecule has 4 aliphatic carbocycles. The minimum atomic E-state index is 0.267. The van der Waals surface area contributed by atoms with Crippen LogP contribution in [0.2, 0.25) is 0 Å². The zero-order valence-corrected chi connectivity index (χ0v) is 14.0. The second-order valence-corrected chi connectivity index (χ2v) is 8.85. The Kier molecular flexibility index (Phi) is 3.13. The van der Waals surface area contributed by atoms with E-state index in [1.54, 1.807) is 0 Å². The molecule has 0 amide bonds. The number of hydrogen-bond acceptors (Lipinski definition) is 1. The SMILES string of the molecule is C#CC1=CCC2C3CC[C@H]4CC(=O)CC[C@]4(C)C3CC[C@]12C. The summed E-state index contributed by atoms with van der Waals surface area (Å²) in [6.07, 6.45) is 17.3. The first-order valence-electron chi connectivity index (χ1n) is 9.18. The van der Waals surface area contributed by atoms with E-state index < -0.39 is 0 Å². The fraction of sp³-hybridized carbons (Fsp3) is 0.762. The first-order valence-corrected chi connectivity index (χ1v) is 9.18. The lowest BCUT2D eigenvalue weighted by Gasteiger charge is -2.59. The van der Waals surface area contributed by atoms with Gasteiger partial charge in [0, 0.05) is 23.8 Å². The van der Waals surface area contributed by atoms with Crippen molar-refractivity contribution in [2.24, 2.45) is 34.5 Å². The van der Waals surface area contributed by atoms with Gasteiger partial charge >= 0.3 is 0 Å². The van der Waals surface area contributed by atoms with Crippen LogP contribution in [0, 0.1) is 46.8 Å². The van der Waals surface area contributed by atoms with Gasteiger partial charge in [-0.2, -0.15) is 0 Å². The predicted octanol–water partition coefficient (Wildman–Crippen LogP) is 4.77. The summed E-state index contributed by atoms with van der Waals surface area (Å²) in [5.41, 5.74) is 1.96. The van der Waals surface area contributed by atoms with Crippen LogP contribution in [0.25, 0.3) is 0 Å². The Hall–Kier alpha value is -1.03. The Bertz CT molecular complexity index is 579. The Labute approximate surface area is 134 Å². The molecule has 1 nitrogen and oxygen atoms in total. The van der Waals surface area contributed by atoms with Gasteiger partial charge in [0.1, 0.15) is 5.78 Å². The average molecular weight is 296 g/mol. The van der Waals surface area contributed by atoms with E-state index in [0.29, 0.717) is 17.1 Å². The van der Waals surface area contributed by atoms with Gasteiger partial charge in [-0.3, -0.25) is 4.79 Å². The van der Waals surface area contributed by atoms with E-state index in [1.807, 2.05) is 0 Å². The minimum absolute atomic E-state index is 0.267. The van der Waals surface area contributed by atoms with E-state index >= 15 is 0 Å². The second kappa shape index (κ2) is 4.73. The number of rotatable bonds is 0. The predicted molar refractivity (Wildman–Crippen MR) is 89.0 cm³/mol. The molecule has 4 rings (SSSR count). The molecule has 0 spiro atoms. The molecular formula is C21H28O. The molecule has 6 atom stereocenters. The Balaban J connectivity index is 1.64. The molecule has 0 radical (unpaired) electrons. The zero-order valence-electron chi connectivity index (χ0n) is 14.0. The third kappa shape index (κ3) is 1.76. The molecule has 0 aromatic carbocycles. The van der Waals surface area contributed by atoms with E-state index in [-0.39, 0.29) is 5.41 Å². The quantitative estimate of drug-likeness (QED) is 0.589. The smallest absolute Gasteiger partial charge is 0.133 e. The number of carbonyl (C=O) groups excluding carboxylic acids is 1. The average Bonchev–Trinajstić information content (AvgIpc) is 2.84. The molecule has 22 heavy (non-hydrogen) atoms. The van der Waals surface area contributed by atoms with Crippen molar-refractivity contribution in [2.45, 2.75) is 65.2 Å². The van der Waals surface area contributed by atoms with Crippen LogP contribution in [-0.2, 0) is 4.79 Å². The van der Waals surface area contributed by atoms with Gasteiger partial charge in [-0.1, -0.05) is 25.8 Å². The highest BCUT2D eigenvalue weighted by atomic mass is 16.1. The summed E-state index contributed by atoms with van der Waals surface area (Å²) in [6.45, 7) is 4.93. The first-order chi connectivity index (χ1) is 10.5. The van der Waals surface area contributed by atoms with E-state index in [4.69, 9.17) is 6.42 Å². The molecule has 0 saturated heterocycles.